The summed E-state index contributed by atoms with van der Waals surface area (Å²) >= 11 is 6.07. The maximum absolute atomic E-state index is 13.5. The third-order valence-electron chi connectivity index (χ3n) is 7.27. The normalized spacial score (nSPS) is 16.3. The monoisotopic (exact) mass is 561 g/mol. The Balaban J connectivity index is 1.60. The van der Waals surface area contributed by atoms with Gasteiger partial charge in [-0.25, -0.2) is 9.78 Å². The minimum Gasteiger partial charge on any atom is -0.480 e. The van der Waals surface area contributed by atoms with Crippen molar-refractivity contribution in [1.29, 1.82) is 0 Å². The van der Waals surface area contributed by atoms with Gasteiger partial charge in [0.25, 0.3) is 5.56 Å². The molecule has 1 aliphatic heterocycles. The van der Waals surface area contributed by atoms with Gasteiger partial charge in [0.2, 0.25) is 11.7 Å². The summed E-state index contributed by atoms with van der Waals surface area (Å²) in [5.41, 5.74) is 1.50. The highest BCUT2D eigenvalue weighted by atomic mass is 35.5. The number of carboxylic acid groups (broad SMARTS) is 1. The minimum atomic E-state index is -1.08. The Morgan fingerprint density at radius 1 is 1.12 bits per heavy atom. The van der Waals surface area contributed by atoms with E-state index in [9.17, 15) is 19.5 Å². The maximum atomic E-state index is 13.5. The molecular weight excluding hydrogens is 530 g/mol. The van der Waals surface area contributed by atoms with Crippen LogP contribution in [-0.4, -0.2) is 49.6 Å². The first-order valence-corrected chi connectivity index (χ1v) is 13.6. The molecule has 0 bridgehead atoms. The second-order valence-electron chi connectivity index (χ2n) is 11.2. The number of benzene rings is 2. The number of nitrogens with zero attached hydrogens (tertiary/aromatic N) is 4. The number of hydrogen-bond acceptors (Lipinski definition) is 5. The standard InChI is InChI=1S/C30H32ClN5O4/c1-30(2,3)26(28(39)40)33-27(38)23-10-7-15-34(23)24-16-25(37)36-18-22(20-11-13-21(31)14-12-20)32-29(36)35(24)17-19-8-5-4-6-9-19/h4-6,8-9,11-14,16,18,23,26H,7,10,15,17H2,1-3H3,(H,33,38)(H,39,40)/t23-,26+/m0/s1. The molecule has 2 aromatic heterocycles. The molecule has 2 aromatic carbocycles. The number of carbonyl (C=O) groups excluding carboxylic acids is 1. The van der Waals surface area contributed by atoms with E-state index < -0.39 is 23.5 Å². The number of aromatic nitrogens is 3. The molecule has 10 heteroatoms. The van der Waals surface area contributed by atoms with Gasteiger partial charge in [-0.3, -0.25) is 18.6 Å². The van der Waals surface area contributed by atoms with Gasteiger partial charge in [0.15, 0.2) is 0 Å². The molecule has 5 rings (SSSR count). The number of imidazole rings is 1. The van der Waals surface area contributed by atoms with Crippen molar-refractivity contribution in [2.45, 2.75) is 52.2 Å². The van der Waals surface area contributed by atoms with E-state index in [1.165, 1.54) is 10.5 Å². The topological polar surface area (TPSA) is 109 Å². The van der Waals surface area contributed by atoms with E-state index in [0.717, 1.165) is 17.5 Å². The molecule has 40 heavy (non-hydrogen) atoms. The van der Waals surface area contributed by atoms with Crippen LogP contribution in [0.15, 0.2) is 71.7 Å². The predicted octanol–water partition coefficient (Wildman–Crippen LogP) is 4.45. The Morgan fingerprint density at radius 2 is 1.82 bits per heavy atom. The fourth-order valence-electron chi connectivity index (χ4n) is 5.20. The fourth-order valence-corrected chi connectivity index (χ4v) is 5.33. The molecule has 1 fully saturated rings. The summed E-state index contributed by atoms with van der Waals surface area (Å²) in [4.78, 5) is 45.6. The highest BCUT2D eigenvalue weighted by Gasteiger charge is 2.38. The third-order valence-corrected chi connectivity index (χ3v) is 7.52. The van der Waals surface area contributed by atoms with Crippen LogP contribution in [0, 0.1) is 5.41 Å². The highest BCUT2D eigenvalue weighted by molar-refractivity contribution is 6.30. The first-order chi connectivity index (χ1) is 19.0. The summed E-state index contributed by atoms with van der Waals surface area (Å²) in [6, 6.07) is 16.9. The van der Waals surface area contributed by atoms with Crippen LogP contribution in [0.5, 0.6) is 0 Å². The molecule has 1 aliphatic rings. The van der Waals surface area contributed by atoms with Crippen molar-refractivity contribution in [2.24, 2.45) is 5.41 Å². The third kappa shape index (κ3) is 5.47. The van der Waals surface area contributed by atoms with E-state index in [2.05, 4.69) is 5.32 Å². The van der Waals surface area contributed by atoms with Gasteiger partial charge in [-0.15, -0.1) is 0 Å². The molecule has 0 saturated carbocycles. The molecule has 3 heterocycles. The van der Waals surface area contributed by atoms with Crippen molar-refractivity contribution in [1.82, 2.24) is 19.3 Å². The van der Waals surface area contributed by atoms with Gasteiger partial charge in [-0.1, -0.05) is 74.8 Å². The molecule has 0 spiro atoms. The average molecular weight is 562 g/mol. The Morgan fingerprint density at radius 3 is 2.48 bits per heavy atom. The molecule has 208 valence electrons. The van der Waals surface area contributed by atoms with Gasteiger partial charge in [0, 0.05) is 29.4 Å². The summed E-state index contributed by atoms with van der Waals surface area (Å²) in [6.45, 7) is 6.30. The number of halogens is 1. The Kier molecular flexibility index (Phi) is 7.42. The van der Waals surface area contributed by atoms with Gasteiger partial charge in [0.1, 0.15) is 17.9 Å². The van der Waals surface area contributed by atoms with E-state index >= 15 is 0 Å². The van der Waals surface area contributed by atoms with Crippen LogP contribution in [0.4, 0.5) is 5.82 Å². The van der Waals surface area contributed by atoms with Crippen molar-refractivity contribution in [2.75, 3.05) is 11.4 Å². The molecule has 1 amide bonds. The lowest BCUT2D eigenvalue weighted by Gasteiger charge is -2.32. The number of carbonyl (C=O) groups is 2. The van der Waals surface area contributed by atoms with Gasteiger partial charge in [0.05, 0.1) is 12.2 Å². The van der Waals surface area contributed by atoms with Crippen LogP contribution in [0.2, 0.25) is 5.02 Å². The van der Waals surface area contributed by atoms with Crippen molar-refractivity contribution >= 4 is 35.1 Å². The molecule has 4 aromatic rings. The van der Waals surface area contributed by atoms with Crippen LogP contribution in [0.3, 0.4) is 0 Å². The summed E-state index contributed by atoms with van der Waals surface area (Å²) in [6.07, 6.45) is 2.97. The van der Waals surface area contributed by atoms with Gasteiger partial charge in [-0.2, -0.15) is 0 Å². The number of fused-ring (bicyclic) bond motifs is 1. The second-order valence-corrected chi connectivity index (χ2v) is 11.6. The zero-order valence-corrected chi connectivity index (χ0v) is 23.4. The summed E-state index contributed by atoms with van der Waals surface area (Å²) in [7, 11) is 0. The molecule has 9 nitrogen and oxygen atoms in total. The highest BCUT2D eigenvalue weighted by Crippen LogP contribution is 2.29. The van der Waals surface area contributed by atoms with E-state index in [0.29, 0.717) is 41.8 Å². The van der Waals surface area contributed by atoms with E-state index in [4.69, 9.17) is 16.6 Å². The van der Waals surface area contributed by atoms with Crippen LogP contribution >= 0.6 is 11.6 Å². The van der Waals surface area contributed by atoms with Crippen molar-refractivity contribution < 1.29 is 14.7 Å². The quantitative estimate of drug-likeness (QED) is 0.345. The number of amides is 1. The lowest BCUT2D eigenvalue weighted by Crippen LogP contribution is -2.54. The number of carboxylic acids is 1. The summed E-state index contributed by atoms with van der Waals surface area (Å²) in [5.74, 6) is -0.445. The zero-order chi connectivity index (χ0) is 28.6. The first kappa shape index (κ1) is 27.5. The van der Waals surface area contributed by atoms with Crippen LogP contribution < -0.4 is 15.8 Å². The maximum Gasteiger partial charge on any atom is 0.326 e. The Bertz CT molecular complexity index is 1610. The minimum absolute atomic E-state index is 0.272. The largest absolute Gasteiger partial charge is 0.480 e. The average Bonchev–Trinajstić information content (AvgIpc) is 3.57. The zero-order valence-electron chi connectivity index (χ0n) is 22.7. The number of hydrogen-bond donors (Lipinski definition) is 2. The summed E-state index contributed by atoms with van der Waals surface area (Å²) < 4.78 is 3.46. The number of aliphatic carboxylic acids is 1. The van der Waals surface area contributed by atoms with Crippen LogP contribution in [-0.2, 0) is 16.1 Å². The van der Waals surface area contributed by atoms with Crippen LogP contribution in [0.25, 0.3) is 17.0 Å². The van der Waals surface area contributed by atoms with Gasteiger partial charge in [-0.05, 0) is 36.0 Å². The fraction of sp³-hybridized carbons (Fsp3) is 0.333. The molecule has 0 unspecified atom stereocenters. The first-order valence-electron chi connectivity index (χ1n) is 13.3. The lowest BCUT2D eigenvalue weighted by atomic mass is 9.86. The Labute approximate surface area is 237 Å². The lowest BCUT2D eigenvalue weighted by molar-refractivity contribution is -0.145. The Hall–Kier alpha value is -4.11. The SMILES string of the molecule is CC(C)(C)[C@H](NC(=O)[C@@H]1CCCN1c1cc(=O)n2cc(-c3ccc(Cl)cc3)nc2n1Cc1ccccc1)C(=O)O. The molecule has 0 aliphatic carbocycles. The van der Waals surface area contributed by atoms with Crippen molar-refractivity contribution in [3.8, 4) is 11.3 Å². The van der Waals surface area contributed by atoms with E-state index in [1.807, 2.05) is 51.9 Å². The van der Waals surface area contributed by atoms with Gasteiger partial charge < -0.3 is 15.3 Å². The molecular formula is C30H32ClN5O4. The van der Waals surface area contributed by atoms with Crippen LogP contribution in [0.1, 0.15) is 39.2 Å². The molecule has 1 saturated heterocycles. The smallest absolute Gasteiger partial charge is 0.326 e. The molecule has 2 atom stereocenters. The second kappa shape index (κ2) is 10.8. The van der Waals surface area contributed by atoms with Gasteiger partial charge >= 0.3 is 5.97 Å². The predicted molar refractivity (Wildman–Crippen MR) is 155 cm³/mol. The number of rotatable bonds is 7. The number of anilines is 1. The summed E-state index contributed by atoms with van der Waals surface area (Å²) in [5, 5.41) is 13.1. The van der Waals surface area contributed by atoms with E-state index in [-0.39, 0.29) is 11.5 Å². The van der Waals surface area contributed by atoms with Crippen molar-refractivity contribution in [3.05, 3.63) is 87.8 Å². The van der Waals surface area contributed by atoms with E-state index in [1.54, 1.807) is 39.1 Å². The van der Waals surface area contributed by atoms with Crippen molar-refractivity contribution in [3.63, 3.8) is 0 Å². The number of nitrogens with one attached hydrogen (secondary N) is 1. The molecule has 0 radical (unpaired) electrons. The molecule has 2 N–H and O–H groups in total.